The van der Waals surface area contributed by atoms with Gasteiger partial charge in [0.2, 0.25) is 0 Å². The van der Waals surface area contributed by atoms with Crippen molar-refractivity contribution in [1.29, 1.82) is 0 Å². The summed E-state index contributed by atoms with van der Waals surface area (Å²) in [7, 11) is -5.13. The lowest BCUT2D eigenvalue weighted by atomic mass is 9.85. The topological polar surface area (TPSA) is 210 Å². The van der Waals surface area contributed by atoms with Gasteiger partial charge in [-0.25, -0.2) is 4.57 Å². The Kier molecular flexibility index (Phi) is 34.3. The Morgan fingerprint density at radius 3 is 1.44 bits per heavy atom. The number of esters is 2. The maximum absolute atomic E-state index is 12.8. The molecule has 0 saturated heterocycles. The van der Waals surface area contributed by atoms with Crippen LogP contribution in [0.3, 0.4) is 0 Å². The summed E-state index contributed by atoms with van der Waals surface area (Å²) in [5.41, 5.74) is 0. The van der Waals surface area contributed by atoms with E-state index in [4.69, 9.17) is 18.5 Å². The minimum Gasteiger partial charge on any atom is -0.462 e. The highest BCUT2D eigenvalue weighted by molar-refractivity contribution is 7.47. The van der Waals surface area contributed by atoms with Crippen LogP contribution in [-0.4, -0.2) is 98.3 Å². The van der Waals surface area contributed by atoms with Gasteiger partial charge in [-0.3, -0.25) is 18.6 Å². The summed E-state index contributed by atoms with van der Waals surface area (Å²) < 4.78 is 33.5. The zero-order chi connectivity index (χ0) is 45.0. The van der Waals surface area contributed by atoms with E-state index in [0.717, 1.165) is 89.9 Å². The summed E-state index contributed by atoms with van der Waals surface area (Å²) in [6, 6.07) is 0. The molecule has 8 atom stereocenters. The second-order valence-electron chi connectivity index (χ2n) is 15.9. The molecule has 1 saturated carbocycles. The van der Waals surface area contributed by atoms with E-state index in [9.17, 15) is 44.6 Å². The number of hydrogen-bond donors (Lipinski definition) is 6. The fourth-order valence-corrected chi connectivity index (χ4v) is 7.60. The maximum atomic E-state index is 12.8. The number of carbonyl (C=O) groups excluding carboxylic acids is 2. The van der Waals surface area contributed by atoms with Crippen molar-refractivity contribution >= 4 is 19.8 Å². The SMILES string of the molecule is CCC=CCC=CCC=CCC=CCCCCCCC(=O)O[C@H](COC(=O)CCCCCCCC=CCCCCCCCC)COP(=O)(O)OC1C(O)C(O)C(O)[C@@H](O)C1O. The van der Waals surface area contributed by atoms with Crippen LogP contribution >= 0.6 is 7.82 Å². The molecule has 13 nitrogen and oxygen atoms in total. The van der Waals surface area contributed by atoms with E-state index in [1.807, 2.05) is 0 Å². The molecule has 0 aliphatic heterocycles. The number of carbonyl (C=O) groups is 2. The highest BCUT2D eigenvalue weighted by Crippen LogP contribution is 2.47. The fraction of sp³-hybridized carbons (Fsp3) is 0.745. The summed E-state index contributed by atoms with van der Waals surface area (Å²) in [4.78, 5) is 35.7. The lowest BCUT2D eigenvalue weighted by molar-refractivity contribution is -0.220. The Balaban J connectivity index is 2.49. The molecule has 0 radical (unpaired) electrons. The van der Waals surface area contributed by atoms with E-state index in [0.29, 0.717) is 12.8 Å². The number of phosphoric acid groups is 1. The highest BCUT2D eigenvalue weighted by atomic mass is 31.2. The van der Waals surface area contributed by atoms with Crippen LogP contribution in [0.5, 0.6) is 0 Å². The first-order valence-corrected chi connectivity index (χ1v) is 24.6. The molecule has 0 aromatic carbocycles. The van der Waals surface area contributed by atoms with Gasteiger partial charge in [-0.15, -0.1) is 0 Å². The van der Waals surface area contributed by atoms with Crippen molar-refractivity contribution in [2.24, 2.45) is 0 Å². The first-order valence-electron chi connectivity index (χ1n) is 23.1. The third-order valence-corrected chi connectivity index (χ3v) is 11.3. The summed E-state index contributed by atoms with van der Waals surface area (Å²) in [6.07, 6.45) is 31.3. The standard InChI is InChI=1S/C47H81O13P/c1-3-5-7-9-11-13-15-17-19-20-22-24-26-28-30-32-34-36-41(49)59-39(38-58-61(55,56)60-47-45(53)43(51)42(50)44(52)46(47)54)37-57-40(48)35-33-31-29-27-25-23-21-18-16-14-12-10-8-6-4-2/h5,7,11,13,17-19,21-22,24,39,42-47,50-54H,3-4,6,8-10,12,14-16,20,23,25-38H2,1-2H3,(H,55,56)/t39-,42?,43-,44?,45?,46?,47?/m1/s1. The number of rotatable bonds is 37. The number of allylic oxidation sites excluding steroid dienone is 10. The predicted molar refractivity (Wildman–Crippen MR) is 239 cm³/mol. The average molecular weight is 885 g/mol. The zero-order valence-electron chi connectivity index (χ0n) is 37.2. The minimum atomic E-state index is -5.13. The van der Waals surface area contributed by atoms with Crippen molar-refractivity contribution in [3.8, 4) is 0 Å². The molecule has 61 heavy (non-hydrogen) atoms. The molecular weight excluding hydrogens is 803 g/mol. The summed E-state index contributed by atoms with van der Waals surface area (Å²) in [6.45, 7) is 3.15. The van der Waals surface area contributed by atoms with E-state index in [1.54, 1.807) is 0 Å². The van der Waals surface area contributed by atoms with Crippen molar-refractivity contribution < 1.29 is 63.1 Å². The molecule has 0 bridgehead atoms. The summed E-state index contributed by atoms with van der Waals surface area (Å²) >= 11 is 0. The quantitative estimate of drug-likeness (QED) is 0.0149. The van der Waals surface area contributed by atoms with Gasteiger partial charge in [-0.05, 0) is 77.0 Å². The third-order valence-electron chi connectivity index (χ3n) is 10.3. The Bertz CT molecular complexity index is 1300. The van der Waals surface area contributed by atoms with E-state index in [2.05, 4.69) is 74.6 Å². The van der Waals surface area contributed by atoms with Crippen LogP contribution in [0, 0.1) is 0 Å². The van der Waals surface area contributed by atoms with E-state index >= 15 is 0 Å². The lowest BCUT2D eigenvalue weighted by Crippen LogP contribution is -2.64. The molecule has 352 valence electrons. The molecule has 1 aliphatic carbocycles. The van der Waals surface area contributed by atoms with Gasteiger partial charge in [0.1, 0.15) is 43.2 Å². The average Bonchev–Trinajstić information content (AvgIpc) is 3.24. The molecule has 0 spiro atoms. The van der Waals surface area contributed by atoms with Gasteiger partial charge >= 0.3 is 19.8 Å². The molecule has 0 aromatic rings. The smallest absolute Gasteiger partial charge is 0.462 e. The van der Waals surface area contributed by atoms with Crippen LogP contribution in [0.4, 0.5) is 0 Å². The van der Waals surface area contributed by atoms with Gasteiger partial charge in [0.05, 0.1) is 6.61 Å². The fourth-order valence-electron chi connectivity index (χ4n) is 6.62. The molecule has 0 aromatic heterocycles. The molecule has 0 heterocycles. The first-order chi connectivity index (χ1) is 29.4. The monoisotopic (exact) mass is 885 g/mol. The van der Waals surface area contributed by atoms with Crippen LogP contribution < -0.4 is 0 Å². The van der Waals surface area contributed by atoms with E-state index < -0.39 is 75.7 Å². The minimum absolute atomic E-state index is 0.0647. The third kappa shape index (κ3) is 29.5. The van der Waals surface area contributed by atoms with Crippen LogP contribution in [0.25, 0.3) is 0 Å². The van der Waals surface area contributed by atoms with Crippen molar-refractivity contribution in [2.45, 2.75) is 211 Å². The normalized spacial score (nSPS) is 22.6. The molecule has 1 rings (SSSR count). The van der Waals surface area contributed by atoms with Crippen molar-refractivity contribution in [3.05, 3.63) is 60.8 Å². The van der Waals surface area contributed by atoms with Crippen LogP contribution in [0.2, 0.25) is 0 Å². The van der Waals surface area contributed by atoms with Crippen molar-refractivity contribution in [2.75, 3.05) is 13.2 Å². The van der Waals surface area contributed by atoms with Gasteiger partial charge in [-0.2, -0.15) is 0 Å². The largest absolute Gasteiger partial charge is 0.472 e. The number of aliphatic hydroxyl groups excluding tert-OH is 5. The van der Waals surface area contributed by atoms with Gasteiger partial charge in [0.25, 0.3) is 0 Å². The number of phosphoric ester groups is 1. The van der Waals surface area contributed by atoms with Crippen molar-refractivity contribution in [3.63, 3.8) is 0 Å². The number of unbranched alkanes of at least 4 members (excludes halogenated alkanes) is 15. The molecule has 6 N–H and O–H groups in total. The predicted octanol–water partition coefficient (Wildman–Crippen LogP) is 8.94. The Hall–Kier alpha value is -2.45. The molecule has 1 aliphatic rings. The Morgan fingerprint density at radius 1 is 0.525 bits per heavy atom. The Labute approximate surface area is 366 Å². The summed E-state index contributed by atoms with van der Waals surface area (Å²) in [5, 5.41) is 50.1. The van der Waals surface area contributed by atoms with Crippen LogP contribution in [-0.2, 0) is 32.7 Å². The Morgan fingerprint density at radius 2 is 0.934 bits per heavy atom. The zero-order valence-corrected chi connectivity index (χ0v) is 38.1. The van der Waals surface area contributed by atoms with Gasteiger partial charge in [0.15, 0.2) is 6.10 Å². The second kappa shape index (κ2) is 37.0. The van der Waals surface area contributed by atoms with Crippen LogP contribution in [0.1, 0.15) is 168 Å². The summed E-state index contributed by atoms with van der Waals surface area (Å²) in [5.74, 6) is -1.14. The van der Waals surface area contributed by atoms with Gasteiger partial charge < -0.3 is 39.9 Å². The molecule has 0 amide bonds. The second-order valence-corrected chi connectivity index (χ2v) is 17.3. The number of hydrogen-bond acceptors (Lipinski definition) is 12. The maximum Gasteiger partial charge on any atom is 0.472 e. The highest BCUT2D eigenvalue weighted by Gasteiger charge is 2.51. The molecule has 14 heteroatoms. The van der Waals surface area contributed by atoms with E-state index in [1.165, 1.54) is 38.5 Å². The van der Waals surface area contributed by atoms with Gasteiger partial charge in [0, 0.05) is 12.8 Å². The first kappa shape index (κ1) is 56.6. The number of aliphatic hydroxyl groups is 5. The van der Waals surface area contributed by atoms with Crippen molar-refractivity contribution in [1.82, 2.24) is 0 Å². The molecule has 1 fully saturated rings. The lowest BCUT2D eigenvalue weighted by Gasteiger charge is -2.41. The van der Waals surface area contributed by atoms with E-state index in [-0.39, 0.29) is 12.8 Å². The van der Waals surface area contributed by atoms with Crippen LogP contribution in [0.15, 0.2) is 60.8 Å². The van der Waals surface area contributed by atoms with Gasteiger partial charge in [-0.1, -0.05) is 139 Å². The number of ether oxygens (including phenoxy) is 2. The molecule has 6 unspecified atom stereocenters. The molecular formula is C47H81O13P.